The number of nitrogens with one attached hydrogen (secondary N) is 1. The highest BCUT2D eigenvalue weighted by molar-refractivity contribution is 5.94. The van der Waals surface area contributed by atoms with E-state index in [1.54, 1.807) is 30.3 Å². The molecule has 2 fully saturated rings. The highest BCUT2D eigenvalue weighted by atomic mass is 19.2. The zero-order chi connectivity index (χ0) is 41.1. The Balaban J connectivity index is 1.04. The Morgan fingerprint density at radius 1 is 0.776 bits per heavy atom. The lowest BCUT2D eigenvalue weighted by Crippen LogP contribution is -2.51. The van der Waals surface area contributed by atoms with Crippen molar-refractivity contribution in [2.75, 3.05) is 37.6 Å². The number of anilines is 1. The molecule has 2 N–H and O–H groups in total. The molecule has 7 rings (SSSR count). The predicted octanol–water partition coefficient (Wildman–Crippen LogP) is 7.99. The van der Waals surface area contributed by atoms with Crippen molar-refractivity contribution < 1.29 is 46.3 Å². The summed E-state index contributed by atoms with van der Waals surface area (Å²) in [6.45, 7) is 5.42. The average Bonchev–Trinajstić information content (AvgIpc) is 3.25. The monoisotopic (exact) mass is 802 g/mol. The Labute approximate surface area is 330 Å². The molecule has 4 atom stereocenters. The van der Waals surface area contributed by atoms with Crippen LogP contribution in [-0.2, 0) is 22.6 Å². The number of benzene rings is 5. The number of piperazine rings is 1. The number of non-ortho nitro benzene ring substituents is 1. The van der Waals surface area contributed by atoms with Gasteiger partial charge < -0.3 is 24.8 Å². The molecule has 1 amide bonds. The summed E-state index contributed by atoms with van der Waals surface area (Å²) in [5.41, 5.74) is 3.97. The number of carbonyl (C=O) groups is 1. The van der Waals surface area contributed by atoms with Gasteiger partial charge in [-0.1, -0.05) is 73.7 Å². The molecule has 15 heteroatoms. The van der Waals surface area contributed by atoms with Gasteiger partial charge in [0.05, 0.1) is 23.7 Å². The van der Waals surface area contributed by atoms with Crippen LogP contribution in [0.3, 0.4) is 0 Å². The second-order valence-corrected chi connectivity index (χ2v) is 14.3. The summed E-state index contributed by atoms with van der Waals surface area (Å²) in [5.74, 6) is -12.7. The molecule has 0 saturated carbocycles. The SMILES string of the molecule is C[C@H]1[C@@H](CN2CCN(c3ccc([N+](=O)[O-])cc3)CC2)O[C@@H](c2ccc(-c3cccc(CNC(=O)c4c(F)c(F)c(F)c(F)c4F)c3)cc2)O[C@H]1c1ccc(CO)cc1. The first-order valence-corrected chi connectivity index (χ1v) is 18.6. The van der Waals surface area contributed by atoms with E-state index in [9.17, 15) is 42.0 Å². The zero-order valence-corrected chi connectivity index (χ0v) is 31.2. The van der Waals surface area contributed by atoms with E-state index in [2.05, 4.69) is 22.0 Å². The van der Waals surface area contributed by atoms with Gasteiger partial charge >= 0.3 is 0 Å². The van der Waals surface area contributed by atoms with Crippen molar-refractivity contribution in [1.29, 1.82) is 0 Å². The molecule has 2 heterocycles. The summed E-state index contributed by atoms with van der Waals surface area (Å²) < 4.78 is 82.5. The fourth-order valence-electron chi connectivity index (χ4n) is 7.32. The summed E-state index contributed by atoms with van der Waals surface area (Å²) in [5, 5.41) is 23.0. The van der Waals surface area contributed by atoms with E-state index in [1.165, 1.54) is 12.1 Å². The van der Waals surface area contributed by atoms with Gasteiger partial charge in [-0.3, -0.25) is 19.8 Å². The third-order valence-electron chi connectivity index (χ3n) is 10.7. The Kier molecular flexibility index (Phi) is 12.1. The Morgan fingerprint density at radius 3 is 2.02 bits per heavy atom. The van der Waals surface area contributed by atoms with Crippen LogP contribution in [0.4, 0.5) is 33.3 Å². The predicted molar refractivity (Wildman–Crippen MR) is 204 cm³/mol. The fourth-order valence-corrected chi connectivity index (χ4v) is 7.32. The maximum absolute atomic E-state index is 14.2. The number of amides is 1. The minimum absolute atomic E-state index is 0.0412. The smallest absolute Gasteiger partial charge is 0.269 e. The van der Waals surface area contributed by atoms with Crippen LogP contribution in [0, 0.1) is 45.1 Å². The van der Waals surface area contributed by atoms with Crippen LogP contribution in [0.1, 0.15) is 51.9 Å². The number of nitrogens with zero attached hydrogens (tertiary/aromatic N) is 3. The standard InChI is InChI=1S/C43H39F5N4O6/c1-25-34(23-50-17-19-51(20-18-50)32-13-15-33(16-14-32)52(55)56)57-43(58-41(25)29-7-5-26(24-53)6-8-29)30-11-9-28(10-12-30)31-4-2-3-27(21-31)22-49-42(54)35-36(44)38(46)40(48)39(47)37(35)45/h2-16,21,25,34,41,43,53H,17-20,22-24H2,1H3,(H,49,54)/t25-,34+,41+,43+/m0/s1. The number of aliphatic hydroxyl groups excluding tert-OH is 1. The van der Waals surface area contributed by atoms with Gasteiger partial charge in [0.1, 0.15) is 5.56 Å². The van der Waals surface area contributed by atoms with Crippen LogP contribution in [0.15, 0.2) is 97.1 Å². The van der Waals surface area contributed by atoms with Gasteiger partial charge in [0.15, 0.2) is 29.6 Å². The molecular formula is C43H39F5N4O6. The number of carbonyl (C=O) groups excluding carboxylic acids is 1. The van der Waals surface area contributed by atoms with Crippen molar-refractivity contribution in [3.05, 3.63) is 164 Å². The number of hydrogen-bond donors (Lipinski definition) is 2. The zero-order valence-electron chi connectivity index (χ0n) is 31.2. The molecule has 2 aliphatic heterocycles. The molecule has 2 saturated heterocycles. The molecule has 0 bridgehead atoms. The van der Waals surface area contributed by atoms with Crippen molar-refractivity contribution in [1.82, 2.24) is 10.2 Å². The third-order valence-corrected chi connectivity index (χ3v) is 10.7. The van der Waals surface area contributed by atoms with Gasteiger partial charge in [-0.15, -0.1) is 0 Å². The fraction of sp³-hybridized carbons (Fsp3) is 0.279. The van der Waals surface area contributed by atoms with E-state index in [4.69, 9.17) is 9.47 Å². The van der Waals surface area contributed by atoms with Gasteiger partial charge in [-0.05, 0) is 46.0 Å². The highest BCUT2D eigenvalue weighted by Crippen LogP contribution is 2.42. The van der Waals surface area contributed by atoms with E-state index < -0.39 is 51.8 Å². The van der Waals surface area contributed by atoms with Gasteiger partial charge in [0.25, 0.3) is 11.6 Å². The first-order valence-electron chi connectivity index (χ1n) is 18.6. The molecule has 0 spiro atoms. The number of aliphatic hydroxyl groups is 1. The number of ether oxygens (including phenoxy) is 2. The number of rotatable bonds is 11. The molecule has 0 radical (unpaired) electrons. The quantitative estimate of drug-likeness (QED) is 0.0454. The molecule has 0 aliphatic carbocycles. The highest BCUT2D eigenvalue weighted by Gasteiger charge is 2.39. The van der Waals surface area contributed by atoms with Crippen LogP contribution in [0.5, 0.6) is 0 Å². The molecule has 0 aromatic heterocycles. The number of halogens is 5. The van der Waals surface area contributed by atoms with Gasteiger partial charge in [0.2, 0.25) is 5.82 Å². The molecule has 0 unspecified atom stereocenters. The van der Waals surface area contributed by atoms with Gasteiger partial charge in [0, 0.05) is 68.6 Å². The van der Waals surface area contributed by atoms with E-state index in [0.29, 0.717) is 12.1 Å². The lowest BCUT2D eigenvalue weighted by atomic mass is 9.89. The first-order chi connectivity index (χ1) is 27.9. The normalized spacial score (nSPS) is 19.9. The molecule has 5 aromatic carbocycles. The van der Waals surface area contributed by atoms with Gasteiger partial charge in [-0.25, -0.2) is 22.0 Å². The molecular weight excluding hydrogens is 763 g/mol. The molecule has 58 heavy (non-hydrogen) atoms. The average molecular weight is 803 g/mol. The van der Waals surface area contributed by atoms with Crippen LogP contribution in [0.25, 0.3) is 11.1 Å². The van der Waals surface area contributed by atoms with Crippen molar-refractivity contribution in [2.24, 2.45) is 5.92 Å². The molecule has 5 aromatic rings. The minimum atomic E-state index is -2.34. The lowest BCUT2D eigenvalue weighted by molar-refractivity contribution is -0.384. The first kappa shape index (κ1) is 40.5. The third kappa shape index (κ3) is 8.57. The molecule has 2 aliphatic rings. The van der Waals surface area contributed by atoms with E-state index in [-0.39, 0.29) is 37.0 Å². The van der Waals surface area contributed by atoms with Crippen LogP contribution < -0.4 is 10.2 Å². The maximum atomic E-state index is 14.2. The van der Waals surface area contributed by atoms with E-state index in [1.807, 2.05) is 54.6 Å². The summed E-state index contributed by atoms with van der Waals surface area (Å²) in [7, 11) is 0. The van der Waals surface area contributed by atoms with Crippen molar-refractivity contribution in [3.63, 3.8) is 0 Å². The van der Waals surface area contributed by atoms with Crippen molar-refractivity contribution >= 4 is 17.3 Å². The van der Waals surface area contributed by atoms with Gasteiger partial charge in [-0.2, -0.15) is 0 Å². The molecule has 10 nitrogen and oxygen atoms in total. The van der Waals surface area contributed by atoms with Crippen LogP contribution in [0.2, 0.25) is 0 Å². The summed E-state index contributed by atoms with van der Waals surface area (Å²) in [4.78, 5) is 27.7. The minimum Gasteiger partial charge on any atom is -0.392 e. The van der Waals surface area contributed by atoms with E-state index in [0.717, 1.165) is 59.7 Å². The second-order valence-electron chi connectivity index (χ2n) is 14.3. The largest absolute Gasteiger partial charge is 0.392 e. The topological polar surface area (TPSA) is 117 Å². The van der Waals surface area contributed by atoms with Crippen LogP contribution >= 0.6 is 0 Å². The summed E-state index contributed by atoms with van der Waals surface area (Å²) in [6.07, 6.45) is -1.26. The van der Waals surface area contributed by atoms with Crippen LogP contribution in [-0.4, -0.2) is 59.7 Å². The van der Waals surface area contributed by atoms with Crippen molar-refractivity contribution in [2.45, 2.75) is 38.6 Å². The Morgan fingerprint density at radius 2 is 1.40 bits per heavy atom. The number of hydrogen-bond acceptors (Lipinski definition) is 8. The molecule has 302 valence electrons. The Bertz CT molecular complexity index is 2240. The lowest BCUT2D eigenvalue weighted by Gasteiger charge is -2.44. The number of nitro groups is 1. The number of nitro benzene ring substituents is 1. The Hall–Kier alpha value is -5.74. The van der Waals surface area contributed by atoms with E-state index >= 15 is 0 Å². The summed E-state index contributed by atoms with van der Waals surface area (Å²) >= 11 is 0. The van der Waals surface area contributed by atoms with Crippen molar-refractivity contribution in [3.8, 4) is 11.1 Å². The second kappa shape index (κ2) is 17.4. The maximum Gasteiger partial charge on any atom is 0.269 e. The summed E-state index contributed by atoms with van der Waals surface area (Å²) in [6, 6.07) is 28.7.